The van der Waals surface area contributed by atoms with Crippen molar-refractivity contribution in [3.63, 3.8) is 0 Å². The van der Waals surface area contributed by atoms with E-state index in [2.05, 4.69) is 20.9 Å². The molecule has 2 atom stereocenters. The van der Waals surface area contributed by atoms with Gasteiger partial charge >= 0.3 is 12.2 Å². The van der Waals surface area contributed by atoms with Gasteiger partial charge in [0.25, 0.3) is 0 Å². The molecule has 3 amide bonds. The van der Waals surface area contributed by atoms with Crippen LogP contribution in [0.15, 0.2) is 42.7 Å². The molecule has 0 fully saturated rings. The molecular weight excluding hydrogens is 575 g/mol. The Kier molecular flexibility index (Phi) is 9.47. The summed E-state index contributed by atoms with van der Waals surface area (Å²) in [6, 6.07) is 8.56. The molecule has 0 bridgehead atoms. The number of aromatic nitrogens is 1. The number of quaternary nitrogens is 1. The first-order valence-electron chi connectivity index (χ1n) is 12.6. The molecular formula is C26H35Cl2N8O5+. The zero-order valence-electron chi connectivity index (χ0n) is 22.9. The highest BCUT2D eigenvalue weighted by Gasteiger charge is 2.66. The zero-order valence-corrected chi connectivity index (χ0v) is 24.4. The Bertz CT molecular complexity index is 1340. The van der Waals surface area contributed by atoms with Gasteiger partial charge in [-0.25, -0.2) is 9.59 Å². The van der Waals surface area contributed by atoms with E-state index in [1.807, 2.05) is 4.90 Å². The first kappa shape index (κ1) is 31.6. The number of carboxylic acid groups (broad SMARTS) is 2. The van der Waals surface area contributed by atoms with Crippen molar-refractivity contribution in [3.05, 3.63) is 48.3 Å². The maximum Gasteiger partial charge on any atom is 0.410 e. The van der Waals surface area contributed by atoms with Crippen LogP contribution in [-0.2, 0) is 4.79 Å². The lowest BCUT2D eigenvalue weighted by Crippen LogP contribution is -2.70. The fraction of sp³-hybridized carbons (Fsp3) is 0.385. The van der Waals surface area contributed by atoms with Crippen molar-refractivity contribution in [2.75, 3.05) is 61.0 Å². The van der Waals surface area contributed by atoms with Crippen molar-refractivity contribution in [3.8, 4) is 0 Å². The predicted octanol–water partition coefficient (Wildman–Crippen LogP) is 3.41. The molecule has 41 heavy (non-hydrogen) atoms. The number of nitrogens with zero attached hydrogens (tertiary/aromatic N) is 2. The average Bonchev–Trinajstić information content (AvgIpc) is 3.44. The SMILES string of the molecule is CC(NC(=O)O)(C(=N)N)C1(C(=O)Nc2ccc(N(CCCl)CCCl)cc2)C[N+](C)(C)C=C1c1cc[nH]c1NC(=O)O. The number of amides is 3. The molecule has 9 N–H and O–H groups in total. The zero-order chi connectivity index (χ0) is 30.6. The van der Waals surface area contributed by atoms with Crippen molar-refractivity contribution in [1.82, 2.24) is 10.3 Å². The molecule has 2 aromatic rings. The van der Waals surface area contributed by atoms with E-state index in [-0.39, 0.29) is 22.4 Å². The second-order valence-corrected chi connectivity index (χ2v) is 11.2. The first-order valence-corrected chi connectivity index (χ1v) is 13.7. The molecule has 1 aliphatic heterocycles. The van der Waals surface area contributed by atoms with Gasteiger partial charge in [-0.1, -0.05) is 0 Å². The summed E-state index contributed by atoms with van der Waals surface area (Å²) >= 11 is 11.9. The molecule has 13 nitrogen and oxygen atoms in total. The molecule has 2 unspecified atom stereocenters. The number of rotatable bonds is 12. The van der Waals surface area contributed by atoms with Gasteiger partial charge < -0.3 is 40.9 Å². The molecule has 222 valence electrons. The highest BCUT2D eigenvalue weighted by Crippen LogP contribution is 2.52. The van der Waals surface area contributed by atoms with E-state index in [9.17, 15) is 24.6 Å². The second kappa shape index (κ2) is 12.3. The van der Waals surface area contributed by atoms with Crippen molar-refractivity contribution in [2.45, 2.75) is 12.5 Å². The van der Waals surface area contributed by atoms with Crippen LogP contribution in [0.5, 0.6) is 0 Å². The smallest absolute Gasteiger partial charge is 0.410 e. The lowest BCUT2D eigenvalue weighted by atomic mass is 9.63. The van der Waals surface area contributed by atoms with Crippen LogP contribution in [0.1, 0.15) is 12.5 Å². The van der Waals surface area contributed by atoms with Crippen LogP contribution in [0.25, 0.3) is 5.57 Å². The minimum absolute atomic E-state index is 0.0144. The summed E-state index contributed by atoms with van der Waals surface area (Å²) in [5.74, 6) is -0.364. The third kappa shape index (κ3) is 6.37. The Morgan fingerprint density at radius 1 is 1.10 bits per heavy atom. The van der Waals surface area contributed by atoms with Gasteiger partial charge in [-0.2, -0.15) is 0 Å². The third-order valence-electron chi connectivity index (χ3n) is 7.19. The maximum absolute atomic E-state index is 14.5. The molecule has 0 saturated carbocycles. The van der Waals surface area contributed by atoms with Crippen molar-refractivity contribution in [2.24, 2.45) is 11.1 Å². The topological polar surface area (TPSA) is 197 Å². The lowest BCUT2D eigenvalue weighted by Gasteiger charge is -2.45. The predicted molar refractivity (Wildman–Crippen MR) is 160 cm³/mol. The van der Waals surface area contributed by atoms with Crippen LogP contribution < -0.4 is 26.6 Å². The van der Waals surface area contributed by atoms with Crippen molar-refractivity contribution >= 4 is 69.9 Å². The number of alkyl halides is 2. The number of benzene rings is 1. The Morgan fingerprint density at radius 3 is 2.22 bits per heavy atom. The number of H-pyrrole nitrogens is 1. The standard InChI is InChI=1S/C26H34Cl2N8O5/c1-25(21(29)30,34-24(40)41)26(15-36(2,3)14-19(26)18-8-11-31-20(18)33-23(38)39)22(37)32-16-4-6-17(7-5-16)35(12-9-27)13-10-28/h4-8,11,14,31,33-34H,9-10,12-13,15H2,1-3H3,(H5-,29,30,32,37,38,39,40,41)/p+1. The molecule has 1 aliphatic rings. The van der Waals surface area contributed by atoms with Gasteiger partial charge in [0.2, 0.25) is 5.91 Å². The Labute approximate surface area is 247 Å². The number of nitrogens with one attached hydrogen (secondary N) is 5. The minimum Gasteiger partial charge on any atom is -0.465 e. The summed E-state index contributed by atoms with van der Waals surface area (Å²) in [7, 11) is 3.59. The van der Waals surface area contributed by atoms with Crippen LogP contribution in [0.3, 0.4) is 0 Å². The van der Waals surface area contributed by atoms with E-state index < -0.39 is 34.9 Å². The number of aromatic amines is 1. The molecule has 15 heteroatoms. The molecule has 2 heterocycles. The molecule has 0 aliphatic carbocycles. The summed E-state index contributed by atoms with van der Waals surface area (Å²) in [6.07, 6.45) is 0.378. The number of hydrogen-bond donors (Lipinski definition) is 8. The van der Waals surface area contributed by atoms with Crippen molar-refractivity contribution in [1.29, 1.82) is 5.41 Å². The van der Waals surface area contributed by atoms with E-state index in [0.29, 0.717) is 36.1 Å². The highest BCUT2D eigenvalue weighted by molar-refractivity contribution is 6.18. The number of carbonyl (C=O) groups is 3. The number of nitrogens with two attached hydrogens (primary N) is 1. The molecule has 0 spiro atoms. The summed E-state index contributed by atoms with van der Waals surface area (Å²) in [6.45, 7) is 2.51. The monoisotopic (exact) mass is 609 g/mol. The van der Waals surface area contributed by atoms with Gasteiger partial charge in [0.1, 0.15) is 29.9 Å². The minimum atomic E-state index is -1.95. The van der Waals surface area contributed by atoms with Gasteiger partial charge in [0.15, 0.2) is 5.41 Å². The van der Waals surface area contributed by atoms with Gasteiger partial charge in [0, 0.05) is 53.6 Å². The highest BCUT2D eigenvalue weighted by atomic mass is 35.5. The first-order chi connectivity index (χ1) is 19.2. The number of halogens is 2. The van der Waals surface area contributed by atoms with E-state index >= 15 is 0 Å². The summed E-state index contributed by atoms with van der Waals surface area (Å²) < 4.78 is 0.0926. The number of anilines is 3. The van der Waals surface area contributed by atoms with Crippen LogP contribution in [0.2, 0.25) is 0 Å². The Morgan fingerprint density at radius 2 is 1.71 bits per heavy atom. The van der Waals surface area contributed by atoms with E-state index in [0.717, 1.165) is 5.69 Å². The number of carbonyl (C=O) groups excluding carboxylic acids is 1. The average molecular weight is 611 g/mol. The van der Waals surface area contributed by atoms with E-state index in [4.69, 9.17) is 34.3 Å². The van der Waals surface area contributed by atoms with E-state index in [1.54, 1.807) is 50.6 Å². The second-order valence-electron chi connectivity index (χ2n) is 10.4. The molecule has 0 radical (unpaired) electrons. The molecule has 1 aromatic carbocycles. The summed E-state index contributed by atoms with van der Waals surface area (Å²) in [4.78, 5) is 42.8. The van der Waals surface area contributed by atoms with Crippen LogP contribution >= 0.6 is 23.2 Å². The summed E-state index contributed by atoms with van der Waals surface area (Å²) in [5.41, 5.74) is 4.13. The Hall–Kier alpha value is -3.94. The largest absolute Gasteiger partial charge is 0.465 e. The molecule has 0 saturated heterocycles. The molecule has 1 aromatic heterocycles. The normalized spacial score (nSPS) is 19.0. The van der Waals surface area contributed by atoms with Crippen molar-refractivity contribution < 1.29 is 29.1 Å². The van der Waals surface area contributed by atoms with Crippen LogP contribution in [0.4, 0.5) is 26.8 Å². The van der Waals surface area contributed by atoms with Gasteiger partial charge in [-0.3, -0.25) is 15.5 Å². The Balaban J connectivity index is 2.17. The quantitative estimate of drug-likeness (QED) is 0.0780. The molecule has 3 rings (SSSR count). The van der Waals surface area contributed by atoms with E-state index in [1.165, 1.54) is 13.1 Å². The summed E-state index contributed by atoms with van der Waals surface area (Å²) in [5, 5.41) is 35.1. The number of amidine groups is 1. The maximum atomic E-state index is 14.5. The number of hydrogen-bond acceptors (Lipinski definition) is 5. The van der Waals surface area contributed by atoms with Crippen LogP contribution in [-0.4, -0.2) is 94.6 Å². The fourth-order valence-corrected chi connectivity index (χ4v) is 5.75. The van der Waals surface area contributed by atoms with Crippen LogP contribution in [0, 0.1) is 10.8 Å². The lowest BCUT2D eigenvalue weighted by molar-refractivity contribution is -0.837. The van der Waals surface area contributed by atoms with Gasteiger partial charge in [0.05, 0.1) is 14.1 Å². The third-order valence-corrected chi connectivity index (χ3v) is 7.53. The van der Waals surface area contributed by atoms with Gasteiger partial charge in [-0.15, -0.1) is 23.2 Å². The fourth-order valence-electron chi connectivity index (χ4n) is 5.34. The van der Waals surface area contributed by atoms with Gasteiger partial charge in [-0.05, 0) is 37.3 Å².